The highest BCUT2D eigenvalue weighted by molar-refractivity contribution is 9.10. The molecule has 0 fully saturated rings. The van der Waals surface area contributed by atoms with Gasteiger partial charge in [-0.05, 0) is 36.2 Å². The molecule has 0 aliphatic carbocycles. The smallest absolute Gasteiger partial charge is 0.307 e. The summed E-state index contributed by atoms with van der Waals surface area (Å²) in [6.45, 7) is 1.94. The molecule has 0 aliphatic heterocycles. The molecule has 1 amide bonds. The first-order valence-corrected chi connectivity index (χ1v) is 7.14. The lowest BCUT2D eigenvalue weighted by molar-refractivity contribution is -0.136. The average molecular weight is 348 g/mol. The zero-order valence-electron chi connectivity index (χ0n) is 11.4. The highest BCUT2D eigenvalue weighted by Crippen LogP contribution is 2.20. The first kappa shape index (κ1) is 15.3. The van der Waals surface area contributed by atoms with E-state index in [2.05, 4.69) is 21.2 Å². The Kier molecular flexibility index (Phi) is 4.75. The van der Waals surface area contributed by atoms with Crippen LogP contribution in [0.5, 0.6) is 0 Å². The monoisotopic (exact) mass is 347 g/mol. The summed E-state index contributed by atoms with van der Waals surface area (Å²) < 4.78 is 0.856. The number of carbonyl (C=O) groups excluding carboxylic acids is 1. The van der Waals surface area contributed by atoms with Crippen molar-refractivity contribution in [1.29, 1.82) is 0 Å². The summed E-state index contributed by atoms with van der Waals surface area (Å²) in [6.07, 6.45) is -0.131. The molecule has 0 aromatic heterocycles. The third-order valence-corrected chi connectivity index (χ3v) is 3.90. The summed E-state index contributed by atoms with van der Waals surface area (Å²) in [5, 5.41) is 11.6. The lowest BCUT2D eigenvalue weighted by Gasteiger charge is -2.10. The number of aryl methyl sites for hydroxylation is 1. The number of amides is 1. The molecule has 0 bridgehead atoms. The SMILES string of the molecule is Cc1ccc(C(=O)Nc2ccccc2CC(=O)O)cc1Br. The van der Waals surface area contributed by atoms with E-state index >= 15 is 0 Å². The third kappa shape index (κ3) is 3.92. The highest BCUT2D eigenvalue weighted by atomic mass is 79.9. The maximum atomic E-state index is 12.2. The van der Waals surface area contributed by atoms with Crippen LogP contribution in [0.4, 0.5) is 5.69 Å². The van der Waals surface area contributed by atoms with Gasteiger partial charge in [0.25, 0.3) is 5.91 Å². The average Bonchev–Trinajstić information content (AvgIpc) is 2.43. The van der Waals surface area contributed by atoms with E-state index < -0.39 is 5.97 Å². The van der Waals surface area contributed by atoms with Gasteiger partial charge in [0.15, 0.2) is 0 Å². The van der Waals surface area contributed by atoms with Gasteiger partial charge in [0.05, 0.1) is 6.42 Å². The van der Waals surface area contributed by atoms with Gasteiger partial charge in [-0.15, -0.1) is 0 Å². The van der Waals surface area contributed by atoms with E-state index in [0.29, 0.717) is 16.8 Å². The van der Waals surface area contributed by atoms with Crippen LogP contribution in [0.1, 0.15) is 21.5 Å². The number of anilines is 1. The van der Waals surface area contributed by atoms with Gasteiger partial charge in [0, 0.05) is 15.7 Å². The molecule has 0 atom stereocenters. The van der Waals surface area contributed by atoms with Gasteiger partial charge in [-0.25, -0.2) is 0 Å². The number of nitrogens with one attached hydrogen (secondary N) is 1. The summed E-state index contributed by atoms with van der Waals surface area (Å²) >= 11 is 3.39. The molecule has 0 saturated heterocycles. The molecule has 4 nitrogen and oxygen atoms in total. The van der Waals surface area contributed by atoms with Crippen LogP contribution >= 0.6 is 15.9 Å². The van der Waals surface area contributed by atoms with Gasteiger partial charge >= 0.3 is 5.97 Å². The number of carboxylic acid groups (broad SMARTS) is 1. The second kappa shape index (κ2) is 6.54. The lowest BCUT2D eigenvalue weighted by atomic mass is 10.1. The normalized spacial score (nSPS) is 10.2. The Bertz CT molecular complexity index is 698. The number of carbonyl (C=O) groups is 2. The van der Waals surface area contributed by atoms with Crippen molar-refractivity contribution in [2.75, 3.05) is 5.32 Å². The minimum Gasteiger partial charge on any atom is -0.481 e. The predicted molar refractivity (Wildman–Crippen MR) is 84.6 cm³/mol. The molecule has 0 radical (unpaired) electrons. The van der Waals surface area contributed by atoms with Crippen LogP contribution in [0.15, 0.2) is 46.9 Å². The van der Waals surface area contributed by atoms with E-state index in [4.69, 9.17) is 5.11 Å². The first-order valence-electron chi connectivity index (χ1n) is 6.34. The number of aliphatic carboxylic acids is 1. The number of hydrogen-bond acceptors (Lipinski definition) is 2. The molecule has 0 aliphatic rings. The van der Waals surface area contributed by atoms with Crippen molar-refractivity contribution in [2.45, 2.75) is 13.3 Å². The van der Waals surface area contributed by atoms with Crippen LogP contribution in [-0.4, -0.2) is 17.0 Å². The number of benzene rings is 2. The molecule has 2 aromatic carbocycles. The summed E-state index contributed by atoms with van der Waals surface area (Å²) in [6, 6.07) is 12.2. The Morgan fingerprint density at radius 2 is 1.90 bits per heavy atom. The van der Waals surface area contributed by atoms with E-state index in [1.807, 2.05) is 13.0 Å². The van der Waals surface area contributed by atoms with E-state index in [-0.39, 0.29) is 12.3 Å². The third-order valence-electron chi connectivity index (χ3n) is 3.04. The zero-order chi connectivity index (χ0) is 15.4. The van der Waals surface area contributed by atoms with Crippen molar-refractivity contribution in [3.63, 3.8) is 0 Å². The van der Waals surface area contributed by atoms with E-state index in [9.17, 15) is 9.59 Å². The lowest BCUT2D eigenvalue weighted by Crippen LogP contribution is -2.14. The van der Waals surface area contributed by atoms with Crippen LogP contribution in [0.3, 0.4) is 0 Å². The van der Waals surface area contributed by atoms with Crippen LogP contribution < -0.4 is 5.32 Å². The maximum Gasteiger partial charge on any atom is 0.307 e. The van der Waals surface area contributed by atoms with Gasteiger partial charge in [0.1, 0.15) is 0 Å². The number of para-hydroxylation sites is 1. The molecule has 0 saturated carbocycles. The fourth-order valence-electron chi connectivity index (χ4n) is 1.89. The Hall–Kier alpha value is -2.14. The van der Waals surface area contributed by atoms with E-state index in [1.165, 1.54) is 0 Å². The minimum absolute atomic E-state index is 0.131. The molecule has 108 valence electrons. The number of hydrogen-bond donors (Lipinski definition) is 2. The van der Waals surface area contributed by atoms with Gasteiger partial charge in [-0.2, -0.15) is 0 Å². The molecule has 2 rings (SSSR count). The summed E-state index contributed by atoms with van der Waals surface area (Å²) in [5.41, 5.74) is 2.64. The Balaban J connectivity index is 2.23. The number of halogens is 1. The van der Waals surface area contributed by atoms with Gasteiger partial charge < -0.3 is 10.4 Å². The Morgan fingerprint density at radius 1 is 1.19 bits per heavy atom. The van der Waals surface area contributed by atoms with Crippen LogP contribution in [0, 0.1) is 6.92 Å². The maximum absolute atomic E-state index is 12.2. The van der Waals surface area contributed by atoms with Crippen molar-refractivity contribution in [3.05, 3.63) is 63.6 Å². The zero-order valence-corrected chi connectivity index (χ0v) is 13.0. The molecular weight excluding hydrogens is 334 g/mol. The molecule has 2 aromatic rings. The first-order chi connectivity index (χ1) is 9.97. The molecular formula is C16H14BrNO3. The minimum atomic E-state index is -0.935. The van der Waals surface area contributed by atoms with Crippen molar-refractivity contribution < 1.29 is 14.7 Å². The molecule has 0 unspecified atom stereocenters. The molecule has 0 heterocycles. The molecule has 5 heteroatoms. The van der Waals surface area contributed by atoms with Crippen LogP contribution in [-0.2, 0) is 11.2 Å². The van der Waals surface area contributed by atoms with Gasteiger partial charge in [-0.3, -0.25) is 9.59 Å². The molecule has 0 spiro atoms. The fourth-order valence-corrected chi connectivity index (χ4v) is 2.27. The summed E-state index contributed by atoms with van der Waals surface area (Å²) in [7, 11) is 0. The topological polar surface area (TPSA) is 66.4 Å². The van der Waals surface area contributed by atoms with E-state index in [1.54, 1.807) is 36.4 Å². The largest absolute Gasteiger partial charge is 0.481 e. The number of carboxylic acids is 1. The number of rotatable bonds is 4. The quantitative estimate of drug-likeness (QED) is 0.887. The van der Waals surface area contributed by atoms with Crippen molar-refractivity contribution in [2.24, 2.45) is 0 Å². The van der Waals surface area contributed by atoms with Crippen molar-refractivity contribution in [3.8, 4) is 0 Å². The standard InChI is InChI=1S/C16H14BrNO3/c1-10-6-7-12(8-13(10)17)16(21)18-14-5-3-2-4-11(14)9-15(19)20/h2-8H,9H2,1H3,(H,18,21)(H,19,20). The highest BCUT2D eigenvalue weighted by Gasteiger charge is 2.11. The molecule has 2 N–H and O–H groups in total. The van der Waals surface area contributed by atoms with Crippen molar-refractivity contribution in [1.82, 2.24) is 0 Å². The van der Waals surface area contributed by atoms with E-state index in [0.717, 1.165) is 10.0 Å². The fraction of sp³-hybridized carbons (Fsp3) is 0.125. The Labute approximate surface area is 130 Å². The van der Waals surface area contributed by atoms with Crippen LogP contribution in [0.2, 0.25) is 0 Å². The van der Waals surface area contributed by atoms with Crippen molar-refractivity contribution >= 4 is 33.5 Å². The van der Waals surface area contributed by atoms with Crippen LogP contribution in [0.25, 0.3) is 0 Å². The molecule has 21 heavy (non-hydrogen) atoms. The van der Waals surface area contributed by atoms with Gasteiger partial charge in [0.2, 0.25) is 0 Å². The second-order valence-corrected chi connectivity index (χ2v) is 5.50. The second-order valence-electron chi connectivity index (χ2n) is 4.65. The summed E-state index contributed by atoms with van der Waals surface area (Å²) in [5.74, 6) is -1.21. The predicted octanol–water partition coefficient (Wildman–Crippen LogP) is 3.64. The summed E-state index contributed by atoms with van der Waals surface area (Å²) in [4.78, 5) is 23.1. The van der Waals surface area contributed by atoms with Gasteiger partial charge in [-0.1, -0.05) is 40.2 Å². The Morgan fingerprint density at radius 3 is 2.57 bits per heavy atom.